The van der Waals surface area contributed by atoms with Crippen LogP contribution in [0.4, 0.5) is 18.3 Å². The normalized spacial score (nSPS) is 18.4. The molecule has 1 aromatic heterocycles. The zero-order chi connectivity index (χ0) is 14.5. The van der Waals surface area contributed by atoms with Crippen molar-refractivity contribution in [2.45, 2.75) is 25.1 Å². The summed E-state index contributed by atoms with van der Waals surface area (Å²) in [6, 6.07) is 3.59. The van der Waals surface area contributed by atoms with Crippen LogP contribution in [0.2, 0.25) is 0 Å². The van der Waals surface area contributed by atoms with E-state index in [1.165, 1.54) is 17.4 Å². The fourth-order valence-electron chi connectivity index (χ4n) is 2.25. The summed E-state index contributed by atoms with van der Waals surface area (Å²) in [5, 5.41) is 10.6. The molecule has 1 N–H and O–H groups in total. The van der Waals surface area contributed by atoms with Gasteiger partial charge in [0.05, 0.1) is 34.5 Å². The smallest absolute Gasteiger partial charge is 0.386 e. The van der Waals surface area contributed by atoms with Crippen LogP contribution in [0, 0.1) is 0 Å². The van der Waals surface area contributed by atoms with Crippen molar-refractivity contribution in [3.8, 4) is 0 Å². The molecule has 20 heavy (non-hydrogen) atoms. The molecule has 1 aliphatic heterocycles. The zero-order valence-electron chi connectivity index (χ0n) is 10.7. The Morgan fingerprint density at radius 3 is 2.70 bits per heavy atom. The predicted octanol–water partition coefficient (Wildman–Crippen LogP) is 3.28. The third kappa shape index (κ3) is 2.25. The molecule has 0 aliphatic carbocycles. The van der Waals surface area contributed by atoms with Crippen LogP contribution >= 0.6 is 11.3 Å². The lowest BCUT2D eigenvalue weighted by Crippen LogP contribution is -2.61. The summed E-state index contributed by atoms with van der Waals surface area (Å²) in [5.41, 5.74) is -1.02. The van der Waals surface area contributed by atoms with Gasteiger partial charge in [0.15, 0.2) is 5.13 Å². The molecular weight excluding hydrogens is 289 g/mol. The quantitative estimate of drug-likeness (QED) is 0.925. The standard InChI is InChI=1S/C13H13F3N2OS/c1-2-12(19)6-18(7-12)11-17-9-5-8(13(14,15)16)3-4-10(9)20-11/h3-5,19H,2,6-7H2,1H3. The van der Waals surface area contributed by atoms with Gasteiger partial charge < -0.3 is 10.0 Å². The molecule has 7 heteroatoms. The number of alkyl halides is 3. The summed E-state index contributed by atoms with van der Waals surface area (Å²) < 4.78 is 38.6. The number of anilines is 1. The molecule has 0 radical (unpaired) electrons. The first-order valence-corrected chi connectivity index (χ1v) is 7.07. The maximum Gasteiger partial charge on any atom is 0.416 e. The van der Waals surface area contributed by atoms with Crippen LogP contribution in [0.5, 0.6) is 0 Å². The van der Waals surface area contributed by atoms with Gasteiger partial charge in [-0.1, -0.05) is 18.3 Å². The van der Waals surface area contributed by atoms with Crippen molar-refractivity contribution in [2.75, 3.05) is 18.0 Å². The number of nitrogens with zero attached hydrogens (tertiary/aromatic N) is 2. The number of aliphatic hydroxyl groups is 1. The summed E-state index contributed by atoms with van der Waals surface area (Å²) in [6.45, 7) is 2.87. The van der Waals surface area contributed by atoms with E-state index in [1.54, 1.807) is 0 Å². The van der Waals surface area contributed by atoms with E-state index in [2.05, 4.69) is 4.98 Å². The number of aromatic nitrogens is 1. The lowest BCUT2D eigenvalue weighted by molar-refractivity contribution is -0.137. The molecular formula is C13H13F3N2OS. The van der Waals surface area contributed by atoms with Gasteiger partial charge in [-0.15, -0.1) is 0 Å². The topological polar surface area (TPSA) is 36.4 Å². The number of hydrogen-bond donors (Lipinski definition) is 1. The van der Waals surface area contributed by atoms with Crippen LogP contribution in [0.25, 0.3) is 10.2 Å². The van der Waals surface area contributed by atoms with Gasteiger partial charge >= 0.3 is 6.18 Å². The Kier molecular flexibility index (Phi) is 2.95. The van der Waals surface area contributed by atoms with Crippen molar-refractivity contribution < 1.29 is 18.3 Å². The largest absolute Gasteiger partial charge is 0.416 e. The molecule has 1 saturated heterocycles. The number of fused-ring (bicyclic) bond motifs is 1. The summed E-state index contributed by atoms with van der Waals surface area (Å²) in [5.74, 6) is 0. The highest BCUT2D eigenvalue weighted by Gasteiger charge is 2.41. The van der Waals surface area contributed by atoms with Gasteiger partial charge in [-0.3, -0.25) is 0 Å². The molecule has 0 bridgehead atoms. The minimum atomic E-state index is -4.35. The second-order valence-corrected chi connectivity index (χ2v) is 6.12. The average molecular weight is 302 g/mol. The van der Waals surface area contributed by atoms with Crippen molar-refractivity contribution in [1.82, 2.24) is 4.98 Å². The highest BCUT2D eigenvalue weighted by Crippen LogP contribution is 2.37. The SMILES string of the molecule is CCC1(O)CN(c2nc3cc(C(F)(F)F)ccc3s2)C1. The predicted molar refractivity (Wildman–Crippen MR) is 72.1 cm³/mol. The molecule has 0 unspecified atom stereocenters. The molecule has 1 fully saturated rings. The minimum absolute atomic E-state index is 0.353. The van der Waals surface area contributed by atoms with E-state index in [0.717, 1.165) is 16.8 Å². The number of hydrogen-bond acceptors (Lipinski definition) is 4. The highest BCUT2D eigenvalue weighted by atomic mass is 32.1. The van der Waals surface area contributed by atoms with Crippen LogP contribution in [-0.2, 0) is 6.18 Å². The minimum Gasteiger partial charge on any atom is -0.386 e. The van der Waals surface area contributed by atoms with Crippen molar-refractivity contribution in [3.63, 3.8) is 0 Å². The van der Waals surface area contributed by atoms with Crippen LogP contribution in [0.3, 0.4) is 0 Å². The van der Waals surface area contributed by atoms with E-state index >= 15 is 0 Å². The van der Waals surface area contributed by atoms with Crippen molar-refractivity contribution in [1.29, 1.82) is 0 Å². The Labute approximate surface area is 117 Å². The van der Waals surface area contributed by atoms with Gasteiger partial charge in [-0.2, -0.15) is 13.2 Å². The van der Waals surface area contributed by atoms with Crippen molar-refractivity contribution >= 4 is 26.7 Å². The number of β-amino-alcohol motifs (C(OH)–C–C–N with tert-alkyl or cyclic N) is 1. The second kappa shape index (κ2) is 4.33. The fraction of sp³-hybridized carbons (Fsp3) is 0.462. The first kappa shape index (κ1) is 13.6. The molecule has 1 aliphatic rings. The van der Waals surface area contributed by atoms with Gasteiger partial charge in [0.25, 0.3) is 0 Å². The monoisotopic (exact) mass is 302 g/mol. The van der Waals surface area contributed by atoms with Crippen molar-refractivity contribution in [2.24, 2.45) is 0 Å². The molecule has 3 nitrogen and oxygen atoms in total. The van der Waals surface area contributed by atoms with Gasteiger partial charge in [0, 0.05) is 0 Å². The lowest BCUT2D eigenvalue weighted by atomic mass is 9.92. The summed E-state index contributed by atoms with van der Waals surface area (Å²) in [6.07, 6.45) is -3.69. The molecule has 108 valence electrons. The van der Waals surface area contributed by atoms with E-state index < -0.39 is 17.3 Å². The zero-order valence-corrected chi connectivity index (χ0v) is 11.6. The van der Waals surface area contributed by atoms with Crippen LogP contribution in [-0.4, -0.2) is 28.8 Å². The third-order valence-corrected chi connectivity index (χ3v) is 4.70. The fourth-order valence-corrected chi connectivity index (χ4v) is 3.19. The number of halogens is 3. The van der Waals surface area contributed by atoms with Crippen LogP contribution in [0.15, 0.2) is 18.2 Å². The Bertz CT molecular complexity index is 647. The molecule has 1 aromatic carbocycles. The van der Waals surface area contributed by atoms with Crippen molar-refractivity contribution in [3.05, 3.63) is 23.8 Å². The number of benzene rings is 1. The third-order valence-electron chi connectivity index (χ3n) is 3.60. The van der Waals surface area contributed by atoms with E-state index in [9.17, 15) is 18.3 Å². The van der Waals surface area contributed by atoms with Gasteiger partial charge in [-0.25, -0.2) is 4.98 Å². The Morgan fingerprint density at radius 1 is 1.40 bits per heavy atom. The molecule has 0 amide bonds. The van der Waals surface area contributed by atoms with Gasteiger partial charge in [0.2, 0.25) is 0 Å². The lowest BCUT2D eigenvalue weighted by Gasteiger charge is -2.46. The first-order chi connectivity index (χ1) is 9.31. The summed E-state index contributed by atoms with van der Waals surface area (Å²) in [4.78, 5) is 6.13. The molecule has 0 saturated carbocycles. The van der Waals surface area contributed by atoms with E-state index in [-0.39, 0.29) is 0 Å². The molecule has 3 rings (SSSR count). The van der Waals surface area contributed by atoms with E-state index in [1.807, 2.05) is 11.8 Å². The van der Waals surface area contributed by atoms with Crippen LogP contribution < -0.4 is 4.90 Å². The number of rotatable bonds is 2. The first-order valence-electron chi connectivity index (χ1n) is 6.26. The highest BCUT2D eigenvalue weighted by molar-refractivity contribution is 7.22. The van der Waals surface area contributed by atoms with Gasteiger partial charge in [0.1, 0.15) is 0 Å². The van der Waals surface area contributed by atoms with Crippen LogP contribution in [0.1, 0.15) is 18.9 Å². The van der Waals surface area contributed by atoms with E-state index in [4.69, 9.17) is 0 Å². The molecule has 2 heterocycles. The average Bonchev–Trinajstić information content (AvgIpc) is 2.76. The maximum absolute atomic E-state index is 12.6. The van der Waals surface area contributed by atoms with Gasteiger partial charge in [-0.05, 0) is 24.6 Å². The molecule has 0 atom stereocenters. The second-order valence-electron chi connectivity index (χ2n) is 5.11. The summed E-state index contributed by atoms with van der Waals surface area (Å²) >= 11 is 1.35. The molecule has 0 spiro atoms. The number of thiazole rings is 1. The Balaban J connectivity index is 1.89. The maximum atomic E-state index is 12.6. The van der Waals surface area contributed by atoms with E-state index in [0.29, 0.717) is 30.2 Å². The molecule has 2 aromatic rings. The Hall–Kier alpha value is -1.34. The Morgan fingerprint density at radius 2 is 2.10 bits per heavy atom. The summed E-state index contributed by atoms with van der Waals surface area (Å²) in [7, 11) is 0.